The third-order valence-corrected chi connectivity index (χ3v) is 4.43. The molecule has 1 N–H and O–H groups in total. The van der Waals surface area contributed by atoms with Crippen molar-refractivity contribution in [1.82, 2.24) is 5.32 Å². The largest absolute Gasteiger partial charge is 0.345 e. The van der Waals surface area contributed by atoms with Crippen molar-refractivity contribution in [3.05, 3.63) is 71.3 Å². The van der Waals surface area contributed by atoms with Gasteiger partial charge in [-0.15, -0.1) is 0 Å². The zero-order valence-corrected chi connectivity index (χ0v) is 12.5. The van der Waals surface area contributed by atoms with Crippen LogP contribution in [-0.4, -0.2) is 5.91 Å². The Bertz CT molecular complexity index is 635. The smallest absolute Gasteiger partial charge is 0.252 e. The van der Waals surface area contributed by atoms with Crippen LogP contribution >= 0.6 is 0 Å². The average Bonchev–Trinajstić information content (AvgIpc) is 3.22. The van der Waals surface area contributed by atoms with E-state index in [1.807, 2.05) is 49.4 Å². The van der Waals surface area contributed by atoms with Crippen molar-refractivity contribution in [2.24, 2.45) is 11.8 Å². The Morgan fingerprint density at radius 2 is 1.71 bits per heavy atom. The molecule has 2 nitrogen and oxygen atoms in total. The molecule has 1 aliphatic carbocycles. The van der Waals surface area contributed by atoms with E-state index in [1.165, 1.54) is 12.0 Å². The van der Waals surface area contributed by atoms with Crippen molar-refractivity contribution < 1.29 is 4.79 Å². The van der Waals surface area contributed by atoms with Gasteiger partial charge in [-0.3, -0.25) is 4.79 Å². The van der Waals surface area contributed by atoms with Crippen molar-refractivity contribution >= 4 is 5.91 Å². The molecule has 0 radical (unpaired) electrons. The second kappa shape index (κ2) is 5.72. The molecular formula is C19H21NO. The monoisotopic (exact) mass is 279 g/mol. The third-order valence-electron chi connectivity index (χ3n) is 4.43. The molecule has 21 heavy (non-hydrogen) atoms. The number of rotatable bonds is 4. The molecule has 1 saturated carbocycles. The van der Waals surface area contributed by atoms with Gasteiger partial charge in [0.15, 0.2) is 0 Å². The van der Waals surface area contributed by atoms with E-state index in [1.54, 1.807) is 0 Å². The Labute approximate surface area is 126 Å². The predicted molar refractivity (Wildman–Crippen MR) is 85.1 cm³/mol. The zero-order valence-electron chi connectivity index (χ0n) is 12.5. The van der Waals surface area contributed by atoms with Gasteiger partial charge in [-0.25, -0.2) is 0 Å². The standard InChI is InChI=1S/C19H21NO/c1-13-8-6-7-11-16(13)19(21)20-18(17-12-14(17)2)15-9-4-3-5-10-15/h3-11,14,17-18H,12H2,1-2H3,(H,20,21). The van der Waals surface area contributed by atoms with Crippen LogP contribution in [0.25, 0.3) is 0 Å². The molecule has 1 fully saturated rings. The molecule has 0 heterocycles. The van der Waals surface area contributed by atoms with Crippen LogP contribution in [0.15, 0.2) is 54.6 Å². The fraction of sp³-hybridized carbons (Fsp3) is 0.316. The summed E-state index contributed by atoms with van der Waals surface area (Å²) in [5, 5.41) is 3.24. The molecule has 1 amide bonds. The van der Waals surface area contributed by atoms with E-state index in [0.717, 1.165) is 11.1 Å². The molecule has 0 spiro atoms. The number of carbonyl (C=O) groups is 1. The topological polar surface area (TPSA) is 29.1 Å². The summed E-state index contributed by atoms with van der Waals surface area (Å²) in [6.07, 6.45) is 1.19. The van der Waals surface area contributed by atoms with Gasteiger partial charge < -0.3 is 5.32 Å². The number of hydrogen-bond donors (Lipinski definition) is 1. The van der Waals surface area contributed by atoms with Crippen molar-refractivity contribution in [2.45, 2.75) is 26.3 Å². The average molecular weight is 279 g/mol. The van der Waals surface area contributed by atoms with Gasteiger partial charge in [-0.2, -0.15) is 0 Å². The summed E-state index contributed by atoms with van der Waals surface area (Å²) in [6, 6.07) is 18.2. The van der Waals surface area contributed by atoms with E-state index in [0.29, 0.717) is 11.8 Å². The van der Waals surface area contributed by atoms with Crippen LogP contribution in [0.5, 0.6) is 0 Å². The molecule has 0 bridgehead atoms. The van der Waals surface area contributed by atoms with Crippen LogP contribution in [-0.2, 0) is 0 Å². The van der Waals surface area contributed by atoms with Gasteiger partial charge in [-0.05, 0) is 42.4 Å². The maximum Gasteiger partial charge on any atom is 0.252 e. The Balaban J connectivity index is 1.83. The summed E-state index contributed by atoms with van der Waals surface area (Å²) in [7, 11) is 0. The summed E-state index contributed by atoms with van der Waals surface area (Å²) >= 11 is 0. The molecule has 0 saturated heterocycles. The lowest BCUT2D eigenvalue weighted by Gasteiger charge is -2.20. The summed E-state index contributed by atoms with van der Waals surface area (Å²) in [4.78, 5) is 12.6. The highest BCUT2D eigenvalue weighted by Gasteiger charge is 2.41. The minimum Gasteiger partial charge on any atom is -0.345 e. The normalized spacial score (nSPS) is 21.6. The summed E-state index contributed by atoms with van der Waals surface area (Å²) < 4.78 is 0. The second-order valence-electron chi connectivity index (χ2n) is 6.05. The van der Waals surface area contributed by atoms with Crippen LogP contribution in [0.2, 0.25) is 0 Å². The van der Waals surface area contributed by atoms with Gasteiger partial charge in [0.25, 0.3) is 5.91 Å². The van der Waals surface area contributed by atoms with E-state index in [4.69, 9.17) is 0 Å². The Kier molecular flexibility index (Phi) is 3.78. The summed E-state index contributed by atoms with van der Waals surface area (Å²) in [5.41, 5.74) is 2.99. The number of aryl methyl sites for hydroxylation is 1. The van der Waals surface area contributed by atoms with Gasteiger partial charge in [0.2, 0.25) is 0 Å². The molecule has 3 rings (SSSR count). The minimum absolute atomic E-state index is 0.0288. The van der Waals surface area contributed by atoms with E-state index >= 15 is 0 Å². The van der Waals surface area contributed by atoms with Crippen LogP contribution in [0.4, 0.5) is 0 Å². The molecule has 2 aromatic carbocycles. The van der Waals surface area contributed by atoms with Crippen molar-refractivity contribution in [3.8, 4) is 0 Å². The van der Waals surface area contributed by atoms with Gasteiger partial charge in [-0.1, -0.05) is 55.5 Å². The Morgan fingerprint density at radius 3 is 2.33 bits per heavy atom. The predicted octanol–water partition coefficient (Wildman–Crippen LogP) is 4.12. The van der Waals surface area contributed by atoms with E-state index in [9.17, 15) is 4.79 Å². The SMILES string of the molecule is Cc1ccccc1C(=O)NC(c1ccccc1)C1CC1C. The Morgan fingerprint density at radius 1 is 1.10 bits per heavy atom. The third kappa shape index (κ3) is 2.99. The van der Waals surface area contributed by atoms with Gasteiger partial charge >= 0.3 is 0 Å². The van der Waals surface area contributed by atoms with E-state index in [-0.39, 0.29) is 11.9 Å². The fourth-order valence-corrected chi connectivity index (χ4v) is 2.96. The highest BCUT2D eigenvalue weighted by atomic mass is 16.1. The first kappa shape index (κ1) is 13.9. The molecule has 0 aromatic heterocycles. The Hall–Kier alpha value is -2.09. The summed E-state index contributed by atoms with van der Waals surface area (Å²) in [5.74, 6) is 1.27. The van der Waals surface area contributed by atoms with Gasteiger partial charge in [0.1, 0.15) is 0 Å². The second-order valence-corrected chi connectivity index (χ2v) is 6.05. The van der Waals surface area contributed by atoms with Crippen molar-refractivity contribution in [1.29, 1.82) is 0 Å². The van der Waals surface area contributed by atoms with Crippen LogP contribution < -0.4 is 5.32 Å². The number of amides is 1. The van der Waals surface area contributed by atoms with Crippen LogP contribution in [0.1, 0.15) is 40.9 Å². The highest BCUT2D eigenvalue weighted by Crippen LogP contribution is 2.47. The molecule has 108 valence electrons. The first-order valence-corrected chi connectivity index (χ1v) is 7.58. The molecule has 3 unspecified atom stereocenters. The van der Waals surface area contributed by atoms with Gasteiger partial charge in [0.05, 0.1) is 6.04 Å². The molecular weight excluding hydrogens is 258 g/mol. The number of nitrogens with one attached hydrogen (secondary N) is 1. The maximum atomic E-state index is 12.6. The van der Waals surface area contributed by atoms with Crippen molar-refractivity contribution in [2.75, 3.05) is 0 Å². The van der Waals surface area contributed by atoms with E-state index < -0.39 is 0 Å². The first-order valence-electron chi connectivity index (χ1n) is 7.58. The molecule has 2 aromatic rings. The minimum atomic E-state index is 0.0288. The van der Waals surface area contributed by atoms with E-state index in [2.05, 4.69) is 24.4 Å². The molecule has 3 atom stereocenters. The molecule has 1 aliphatic rings. The fourth-order valence-electron chi connectivity index (χ4n) is 2.96. The highest BCUT2D eigenvalue weighted by molar-refractivity contribution is 5.95. The van der Waals surface area contributed by atoms with Crippen LogP contribution in [0, 0.1) is 18.8 Å². The number of hydrogen-bond acceptors (Lipinski definition) is 1. The zero-order chi connectivity index (χ0) is 14.8. The first-order chi connectivity index (χ1) is 10.2. The van der Waals surface area contributed by atoms with Crippen LogP contribution in [0.3, 0.4) is 0 Å². The number of benzene rings is 2. The van der Waals surface area contributed by atoms with Crippen molar-refractivity contribution in [3.63, 3.8) is 0 Å². The summed E-state index contributed by atoms with van der Waals surface area (Å²) in [6.45, 7) is 4.23. The molecule has 0 aliphatic heterocycles. The van der Waals surface area contributed by atoms with Gasteiger partial charge in [0, 0.05) is 5.56 Å². The lowest BCUT2D eigenvalue weighted by molar-refractivity contribution is 0.0930. The maximum absolute atomic E-state index is 12.6. The lowest BCUT2D eigenvalue weighted by Crippen LogP contribution is -2.30. The number of carbonyl (C=O) groups excluding carboxylic acids is 1. The molecule has 2 heteroatoms. The quantitative estimate of drug-likeness (QED) is 0.896. The lowest BCUT2D eigenvalue weighted by atomic mass is 10.00.